The number of hydrogen-bond donors (Lipinski definition) is 1. The molecule has 0 fully saturated rings. The number of hydrogen-bond acceptors (Lipinski definition) is 4. The Balaban J connectivity index is 2.60. The molecule has 1 N–H and O–H groups in total. The van der Waals surface area contributed by atoms with Gasteiger partial charge in [0, 0.05) is 37.8 Å². The van der Waals surface area contributed by atoms with Crippen LogP contribution in [0.4, 0.5) is 0 Å². The molecule has 1 aromatic rings. The number of nitrogens with one attached hydrogen (secondary N) is 1. The van der Waals surface area contributed by atoms with Crippen LogP contribution in [-0.2, 0) is 17.8 Å². The van der Waals surface area contributed by atoms with Gasteiger partial charge >= 0.3 is 0 Å². The van der Waals surface area contributed by atoms with E-state index in [1.54, 1.807) is 13.4 Å². The molecule has 0 bridgehead atoms. The lowest BCUT2D eigenvalue weighted by molar-refractivity contribution is 0.124. The summed E-state index contributed by atoms with van der Waals surface area (Å²) < 4.78 is 10.8. The maximum absolute atomic E-state index is 5.58. The molecule has 110 valence electrons. The zero-order chi connectivity index (χ0) is 14.3. The minimum Gasteiger partial charge on any atom is -0.468 e. The topological polar surface area (TPSA) is 37.6 Å². The molecule has 0 unspecified atom stereocenters. The minimum atomic E-state index is 0.465. The van der Waals surface area contributed by atoms with Crippen molar-refractivity contribution in [2.45, 2.75) is 52.9 Å². The Morgan fingerprint density at radius 3 is 2.63 bits per heavy atom. The van der Waals surface area contributed by atoms with E-state index in [4.69, 9.17) is 9.15 Å². The molecular weight excluding hydrogens is 240 g/mol. The standard InChI is InChI=1S/C15H28N2O2/c1-12(2)16-10-15-14(6-8-19-15)11-17(13(3)4)7-9-18-5/h6,8,12-13,16H,7,9-11H2,1-5H3. The Morgan fingerprint density at radius 1 is 1.32 bits per heavy atom. The highest BCUT2D eigenvalue weighted by Gasteiger charge is 2.14. The van der Waals surface area contributed by atoms with Crippen LogP contribution in [0.3, 0.4) is 0 Å². The van der Waals surface area contributed by atoms with Gasteiger partial charge in [0.15, 0.2) is 0 Å². The maximum atomic E-state index is 5.58. The fourth-order valence-electron chi connectivity index (χ4n) is 1.91. The van der Waals surface area contributed by atoms with Crippen LogP contribution >= 0.6 is 0 Å². The molecule has 0 radical (unpaired) electrons. The van der Waals surface area contributed by atoms with Gasteiger partial charge in [-0.05, 0) is 19.9 Å². The molecule has 0 atom stereocenters. The average molecular weight is 268 g/mol. The van der Waals surface area contributed by atoms with Crippen LogP contribution in [-0.4, -0.2) is 37.2 Å². The first kappa shape index (κ1) is 16.2. The third-order valence-electron chi connectivity index (χ3n) is 3.19. The van der Waals surface area contributed by atoms with Gasteiger partial charge in [0.05, 0.1) is 19.4 Å². The number of rotatable bonds is 9. The first-order valence-electron chi connectivity index (χ1n) is 7.06. The highest BCUT2D eigenvalue weighted by Crippen LogP contribution is 2.15. The second kappa shape index (κ2) is 8.35. The maximum Gasteiger partial charge on any atom is 0.122 e. The van der Waals surface area contributed by atoms with Crippen LogP contribution < -0.4 is 5.32 Å². The number of nitrogens with zero attached hydrogens (tertiary/aromatic N) is 1. The summed E-state index contributed by atoms with van der Waals surface area (Å²) in [7, 11) is 1.74. The Labute approximate surface area is 117 Å². The molecule has 1 heterocycles. The van der Waals surface area contributed by atoms with Crippen molar-refractivity contribution in [3.63, 3.8) is 0 Å². The van der Waals surface area contributed by atoms with E-state index in [0.717, 1.165) is 32.0 Å². The molecule has 0 amide bonds. The van der Waals surface area contributed by atoms with Gasteiger partial charge in [-0.3, -0.25) is 4.90 Å². The van der Waals surface area contributed by atoms with E-state index < -0.39 is 0 Å². The zero-order valence-electron chi connectivity index (χ0n) is 12.9. The van der Waals surface area contributed by atoms with Crippen molar-refractivity contribution in [1.82, 2.24) is 10.2 Å². The van der Waals surface area contributed by atoms with Gasteiger partial charge in [-0.1, -0.05) is 13.8 Å². The summed E-state index contributed by atoms with van der Waals surface area (Å²) in [5, 5.41) is 3.40. The van der Waals surface area contributed by atoms with Gasteiger partial charge < -0.3 is 14.5 Å². The Kier molecular flexibility index (Phi) is 7.13. The first-order chi connectivity index (χ1) is 9.04. The van der Waals surface area contributed by atoms with Crippen LogP contribution in [0, 0.1) is 0 Å². The van der Waals surface area contributed by atoms with E-state index >= 15 is 0 Å². The van der Waals surface area contributed by atoms with Crippen LogP contribution in [0.1, 0.15) is 39.0 Å². The summed E-state index contributed by atoms with van der Waals surface area (Å²) in [4.78, 5) is 2.40. The van der Waals surface area contributed by atoms with Crippen LogP contribution in [0.25, 0.3) is 0 Å². The number of methoxy groups -OCH3 is 1. The molecule has 1 aromatic heterocycles. The van der Waals surface area contributed by atoms with Crippen LogP contribution in [0.5, 0.6) is 0 Å². The molecule has 4 nitrogen and oxygen atoms in total. The van der Waals surface area contributed by atoms with Gasteiger partial charge in [-0.15, -0.1) is 0 Å². The van der Waals surface area contributed by atoms with Crippen molar-refractivity contribution in [2.24, 2.45) is 0 Å². The van der Waals surface area contributed by atoms with E-state index in [-0.39, 0.29) is 0 Å². The fraction of sp³-hybridized carbons (Fsp3) is 0.733. The predicted octanol–water partition coefficient (Wildman–Crippen LogP) is 2.63. The molecule has 0 aliphatic heterocycles. The summed E-state index contributed by atoms with van der Waals surface area (Å²) in [5.41, 5.74) is 1.26. The van der Waals surface area contributed by atoms with E-state index in [9.17, 15) is 0 Å². The molecule has 19 heavy (non-hydrogen) atoms. The van der Waals surface area contributed by atoms with Gasteiger partial charge in [0.1, 0.15) is 5.76 Å². The fourth-order valence-corrected chi connectivity index (χ4v) is 1.91. The second-order valence-corrected chi connectivity index (χ2v) is 5.46. The first-order valence-corrected chi connectivity index (χ1v) is 7.06. The Morgan fingerprint density at radius 2 is 2.05 bits per heavy atom. The average Bonchev–Trinajstić information content (AvgIpc) is 2.78. The Bertz CT molecular complexity index is 348. The molecule has 0 saturated carbocycles. The van der Waals surface area contributed by atoms with E-state index in [2.05, 4.69) is 44.0 Å². The van der Waals surface area contributed by atoms with Crippen LogP contribution in [0.2, 0.25) is 0 Å². The van der Waals surface area contributed by atoms with Crippen molar-refractivity contribution in [3.8, 4) is 0 Å². The van der Waals surface area contributed by atoms with Gasteiger partial charge in [-0.25, -0.2) is 0 Å². The lowest BCUT2D eigenvalue weighted by atomic mass is 10.2. The van der Waals surface area contributed by atoms with Gasteiger partial charge in [0.25, 0.3) is 0 Å². The van der Waals surface area contributed by atoms with Gasteiger partial charge in [-0.2, -0.15) is 0 Å². The molecule has 4 heteroatoms. The van der Waals surface area contributed by atoms with Crippen molar-refractivity contribution in [1.29, 1.82) is 0 Å². The normalized spacial score (nSPS) is 12.0. The van der Waals surface area contributed by atoms with Crippen LogP contribution in [0.15, 0.2) is 16.7 Å². The van der Waals surface area contributed by atoms with Gasteiger partial charge in [0.2, 0.25) is 0 Å². The lowest BCUT2D eigenvalue weighted by Crippen LogP contribution is -2.33. The molecule has 0 spiro atoms. The monoisotopic (exact) mass is 268 g/mol. The third kappa shape index (κ3) is 5.76. The minimum absolute atomic E-state index is 0.465. The number of ether oxygens (including phenoxy) is 1. The summed E-state index contributed by atoms with van der Waals surface area (Å²) in [6.07, 6.45) is 1.78. The Hall–Kier alpha value is -0.840. The lowest BCUT2D eigenvalue weighted by Gasteiger charge is -2.26. The smallest absolute Gasteiger partial charge is 0.122 e. The van der Waals surface area contributed by atoms with E-state index in [0.29, 0.717) is 12.1 Å². The van der Waals surface area contributed by atoms with Crippen molar-refractivity contribution in [3.05, 3.63) is 23.7 Å². The zero-order valence-corrected chi connectivity index (χ0v) is 12.9. The van der Waals surface area contributed by atoms with Crippen molar-refractivity contribution < 1.29 is 9.15 Å². The SMILES string of the molecule is COCCN(Cc1ccoc1CNC(C)C)C(C)C. The predicted molar refractivity (Wildman–Crippen MR) is 78.1 cm³/mol. The molecule has 0 aromatic carbocycles. The summed E-state index contributed by atoms with van der Waals surface area (Å²) in [6.45, 7) is 12.1. The highest BCUT2D eigenvalue weighted by atomic mass is 16.5. The quantitative estimate of drug-likeness (QED) is 0.747. The second-order valence-electron chi connectivity index (χ2n) is 5.46. The summed E-state index contributed by atoms with van der Waals surface area (Å²) in [6, 6.07) is 3.03. The molecule has 0 aliphatic rings. The summed E-state index contributed by atoms with van der Waals surface area (Å²) >= 11 is 0. The number of furan rings is 1. The summed E-state index contributed by atoms with van der Waals surface area (Å²) in [5.74, 6) is 1.04. The third-order valence-corrected chi connectivity index (χ3v) is 3.19. The highest BCUT2D eigenvalue weighted by molar-refractivity contribution is 5.17. The largest absolute Gasteiger partial charge is 0.468 e. The van der Waals surface area contributed by atoms with Crippen molar-refractivity contribution >= 4 is 0 Å². The molecular formula is C15H28N2O2. The van der Waals surface area contributed by atoms with E-state index in [1.165, 1.54) is 5.56 Å². The molecule has 0 saturated heterocycles. The van der Waals surface area contributed by atoms with E-state index in [1.807, 2.05) is 0 Å². The van der Waals surface area contributed by atoms with Crippen molar-refractivity contribution in [2.75, 3.05) is 20.3 Å². The molecule has 0 aliphatic carbocycles. The molecule has 1 rings (SSSR count).